The van der Waals surface area contributed by atoms with Crippen molar-refractivity contribution in [3.8, 4) is 0 Å². The zero-order valence-corrected chi connectivity index (χ0v) is 9.83. The number of carbonyl (C=O) groups is 2. The zero-order valence-electron chi connectivity index (χ0n) is 9.83. The summed E-state index contributed by atoms with van der Waals surface area (Å²) in [7, 11) is 0. The zero-order chi connectivity index (χ0) is 12.4. The second-order valence-corrected chi connectivity index (χ2v) is 4.80. The fourth-order valence-corrected chi connectivity index (χ4v) is 0.852. The molecule has 15 heavy (non-hydrogen) atoms. The molecule has 0 saturated carbocycles. The highest BCUT2D eigenvalue weighted by Crippen LogP contribution is 2.25. The van der Waals surface area contributed by atoms with Gasteiger partial charge in [-0.2, -0.15) is 0 Å². The molecule has 0 aromatic rings. The van der Waals surface area contributed by atoms with Gasteiger partial charge in [-0.25, -0.2) is 0 Å². The van der Waals surface area contributed by atoms with E-state index in [0.717, 1.165) is 0 Å². The molecule has 0 aliphatic carbocycles. The van der Waals surface area contributed by atoms with Crippen LogP contribution in [0.2, 0.25) is 0 Å². The molecular formula is C10H19NO4. The van der Waals surface area contributed by atoms with Crippen LogP contribution in [-0.2, 0) is 14.3 Å². The average molecular weight is 217 g/mol. The Morgan fingerprint density at radius 3 is 1.87 bits per heavy atom. The van der Waals surface area contributed by atoms with Crippen molar-refractivity contribution in [2.24, 2.45) is 11.1 Å². The fourth-order valence-electron chi connectivity index (χ4n) is 0.852. The van der Waals surface area contributed by atoms with Crippen LogP contribution in [0.5, 0.6) is 0 Å². The van der Waals surface area contributed by atoms with Crippen molar-refractivity contribution in [1.29, 1.82) is 0 Å². The van der Waals surface area contributed by atoms with Crippen LogP contribution in [0.25, 0.3) is 0 Å². The van der Waals surface area contributed by atoms with Gasteiger partial charge in [0.05, 0.1) is 0 Å². The first-order valence-electron chi connectivity index (χ1n) is 4.74. The lowest BCUT2D eigenvalue weighted by Crippen LogP contribution is -2.51. The lowest BCUT2D eigenvalue weighted by Gasteiger charge is -2.30. The maximum Gasteiger partial charge on any atom is 0.325 e. The van der Waals surface area contributed by atoms with E-state index < -0.39 is 29.0 Å². The molecule has 0 aliphatic heterocycles. The molecule has 0 radical (unpaired) electrons. The Kier molecular flexibility index (Phi) is 3.88. The van der Waals surface area contributed by atoms with Gasteiger partial charge in [-0.1, -0.05) is 0 Å². The van der Waals surface area contributed by atoms with E-state index in [1.54, 1.807) is 20.8 Å². The Balaban J connectivity index is 4.97. The maximum atomic E-state index is 11.7. The standard InChI is InChI=1S/C10H19NO4/c1-6(11)10(5,7(12)13)8(14)15-9(2,3)4/h6H,11H2,1-5H3,(H,12,13)/t6-,10-/m1/s1. The molecule has 0 aromatic carbocycles. The first kappa shape index (κ1) is 13.9. The number of rotatable bonds is 3. The predicted molar refractivity (Wildman–Crippen MR) is 55.2 cm³/mol. The third kappa shape index (κ3) is 3.20. The van der Waals surface area contributed by atoms with Crippen molar-refractivity contribution in [2.45, 2.75) is 46.3 Å². The summed E-state index contributed by atoms with van der Waals surface area (Å²) in [6, 6.07) is -0.815. The van der Waals surface area contributed by atoms with E-state index in [1.807, 2.05) is 0 Å². The molecule has 0 bridgehead atoms. The second-order valence-electron chi connectivity index (χ2n) is 4.80. The largest absolute Gasteiger partial charge is 0.480 e. The number of hydrogen-bond donors (Lipinski definition) is 2. The van der Waals surface area contributed by atoms with Crippen LogP contribution in [0, 0.1) is 5.41 Å². The van der Waals surface area contributed by atoms with E-state index in [4.69, 9.17) is 15.6 Å². The Morgan fingerprint density at radius 1 is 1.27 bits per heavy atom. The highest BCUT2D eigenvalue weighted by atomic mass is 16.6. The highest BCUT2D eigenvalue weighted by Gasteiger charge is 2.47. The smallest absolute Gasteiger partial charge is 0.325 e. The third-order valence-electron chi connectivity index (χ3n) is 2.18. The van der Waals surface area contributed by atoms with Crippen LogP contribution in [0.4, 0.5) is 0 Å². The normalized spacial score (nSPS) is 17.7. The minimum Gasteiger partial charge on any atom is -0.480 e. The minimum absolute atomic E-state index is 0.720. The molecule has 0 aromatic heterocycles. The molecule has 5 nitrogen and oxygen atoms in total. The minimum atomic E-state index is -1.70. The number of esters is 1. The Morgan fingerprint density at radius 2 is 1.67 bits per heavy atom. The number of ether oxygens (including phenoxy) is 1. The van der Waals surface area contributed by atoms with Gasteiger partial charge in [-0.3, -0.25) is 9.59 Å². The number of nitrogens with two attached hydrogens (primary N) is 1. The summed E-state index contributed by atoms with van der Waals surface area (Å²) in [5, 5.41) is 8.99. The first-order valence-corrected chi connectivity index (χ1v) is 4.74. The summed E-state index contributed by atoms with van der Waals surface area (Å²) in [6.45, 7) is 7.77. The average Bonchev–Trinajstić information content (AvgIpc) is 1.98. The summed E-state index contributed by atoms with van der Waals surface area (Å²) in [5.74, 6) is -2.08. The lowest BCUT2D eigenvalue weighted by atomic mass is 9.83. The Hall–Kier alpha value is -1.10. The number of carboxylic acids is 1. The molecular weight excluding hydrogens is 198 g/mol. The van der Waals surface area contributed by atoms with Crippen LogP contribution in [0.3, 0.4) is 0 Å². The molecule has 2 atom stereocenters. The SMILES string of the molecule is C[C@@H](N)[C@](C)(C(=O)O)C(=O)OC(C)(C)C. The van der Waals surface area contributed by atoms with Crippen molar-refractivity contribution in [2.75, 3.05) is 0 Å². The van der Waals surface area contributed by atoms with Gasteiger partial charge in [0.15, 0.2) is 5.41 Å². The Labute approximate surface area is 89.6 Å². The summed E-state index contributed by atoms with van der Waals surface area (Å²) >= 11 is 0. The van der Waals surface area contributed by atoms with Crippen molar-refractivity contribution < 1.29 is 19.4 Å². The van der Waals surface area contributed by atoms with Crippen molar-refractivity contribution in [1.82, 2.24) is 0 Å². The molecule has 0 spiro atoms. The molecule has 0 aliphatic rings. The molecule has 0 unspecified atom stereocenters. The molecule has 0 saturated heterocycles. The van der Waals surface area contributed by atoms with Gasteiger partial charge in [0.2, 0.25) is 0 Å². The third-order valence-corrected chi connectivity index (χ3v) is 2.18. The Bertz CT molecular complexity index is 267. The molecule has 0 heterocycles. The number of aliphatic carboxylic acids is 1. The van der Waals surface area contributed by atoms with Gasteiger partial charge >= 0.3 is 11.9 Å². The summed E-state index contributed by atoms with van der Waals surface area (Å²) < 4.78 is 5.03. The summed E-state index contributed by atoms with van der Waals surface area (Å²) in [5.41, 5.74) is 3.09. The van der Waals surface area contributed by atoms with Crippen molar-refractivity contribution in [3.63, 3.8) is 0 Å². The molecule has 0 amide bonds. The van der Waals surface area contributed by atoms with Crippen LogP contribution < -0.4 is 5.73 Å². The van der Waals surface area contributed by atoms with E-state index in [0.29, 0.717) is 0 Å². The van der Waals surface area contributed by atoms with Crippen LogP contribution in [-0.4, -0.2) is 28.7 Å². The van der Waals surface area contributed by atoms with Gasteiger partial charge in [0.1, 0.15) is 5.60 Å². The van der Waals surface area contributed by atoms with E-state index in [-0.39, 0.29) is 0 Å². The van der Waals surface area contributed by atoms with Crippen molar-refractivity contribution >= 4 is 11.9 Å². The van der Waals surface area contributed by atoms with Gasteiger partial charge in [-0.15, -0.1) is 0 Å². The monoisotopic (exact) mass is 217 g/mol. The van der Waals surface area contributed by atoms with Crippen molar-refractivity contribution in [3.05, 3.63) is 0 Å². The first-order chi connectivity index (χ1) is 6.51. The molecule has 5 heteroatoms. The predicted octanol–water partition coefficient (Wildman–Crippen LogP) is 0.766. The van der Waals surface area contributed by atoms with Gasteiger partial charge in [0.25, 0.3) is 0 Å². The second kappa shape index (κ2) is 4.18. The van der Waals surface area contributed by atoms with Crippen LogP contribution >= 0.6 is 0 Å². The van der Waals surface area contributed by atoms with E-state index >= 15 is 0 Å². The number of hydrogen-bond acceptors (Lipinski definition) is 4. The van der Waals surface area contributed by atoms with Crippen LogP contribution in [0.15, 0.2) is 0 Å². The molecule has 0 fully saturated rings. The fraction of sp³-hybridized carbons (Fsp3) is 0.800. The maximum absolute atomic E-state index is 11.7. The number of carboxylic acid groups (broad SMARTS) is 1. The molecule has 88 valence electrons. The topological polar surface area (TPSA) is 89.6 Å². The molecule has 3 N–H and O–H groups in total. The van der Waals surface area contributed by atoms with Gasteiger partial charge < -0.3 is 15.6 Å². The summed E-state index contributed by atoms with van der Waals surface area (Å²) in [6.07, 6.45) is 0. The van der Waals surface area contributed by atoms with Crippen LogP contribution in [0.1, 0.15) is 34.6 Å². The van der Waals surface area contributed by atoms with E-state index in [2.05, 4.69) is 0 Å². The molecule has 0 rings (SSSR count). The number of carbonyl (C=O) groups excluding carboxylic acids is 1. The van der Waals surface area contributed by atoms with Gasteiger partial charge in [-0.05, 0) is 34.6 Å². The van der Waals surface area contributed by atoms with E-state index in [9.17, 15) is 9.59 Å². The van der Waals surface area contributed by atoms with Gasteiger partial charge in [0, 0.05) is 6.04 Å². The summed E-state index contributed by atoms with van der Waals surface area (Å²) in [4.78, 5) is 22.7. The highest BCUT2D eigenvalue weighted by molar-refractivity contribution is 5.99. The quantitative estimate of drug-likeness (QED) is 0.538. The lowest BCUT2D eigenvalue weighted by molar-refractivity contribution is -0.176. The van der Waals surface area contributed by atoms with E-state index in [1.165, 1.54) is 13.8 Å².